The summed E-state index contributed by atoms with van der Waals surface area (Å²) in [4.78, 5) is 37.3. The molecule has 144 valence electrons. The van der Waals surface area contributed by atoms with Crippen LogP contribution in [-0.2, 0) is 9.53 Å². The summed E-state index contributed by atoms with van der Waals surface area (Å²) in [5.41, 5.74) is -0.592. The van der Waals surface area contributed by atoms with Crippen molar-refractivity contribution in [3.63, 3.8) is 0 Å². The molecule has 0 spiro atoms. The first kappa shape index (κ1) is 19.8. The summed E-state index contributed by atoms with van der Waals surface area (Å²) in [7, 11) is 0. The van der Waals surface area contributed by atoms with Crippen LogP contribution in [-0.4, -0.2) is 54.6 Å². The largest absolute Gasteiger partial charge is 0.459 e. The Labute approximate surface area is 153 Å². The minimum Gasteiger partial charge on any atom is -0.459 e. The number of piperidine rings is 1. The molecular formula is C18H27N3O5. The van der Waals surface area contributed by atoms with Gasteiger partial charge in [0.15, 0.2) is 5.76 Å². The Balaban J connectivity index is 1.65. The zero-order valence-corrected chi connectivity index (χ0v) is 15.5. The maximum Gasteiger partial charge on any atom is 0.408 e. The van der Waals surface area contributed by atoms with Crippen LogP contribution in [0, 0.1) is 5.92 Å². The molecule has 2 N–H and O–H groups in total. The van der Waals surface area contributed by atoms with E-state index in [9.17, 15) is 14.4 Å². The molecule has 0 unspecified atom stereocenters. The number of amides is 3. The van der Waals surface area contributed by atoms with Crippen LogP contribution in [0.15, 0.2) is 22.8 Å². The lowest BCUT2D eigenvalue weighted by molar-refractivity contribution is -0.131. The number of carbonyl (C=O) groups is 3. The van der Waals surface area contributed by atoms with Crippen LogP contribution in [0.5, 0.6) is 0 Å². The van der Waals surface area contributed by atoms with Crippen LogP contribution in [0.3, 0.4) is 0 Å². The zero-order chi connectivity index (χ0) is 19.2. The van der Waals surface area contributed by atoms with Crippen molar-refractivity contribution in [2.24, 2.45) is 5.92 Å². The van der Waals surface area contributed by atoms with Crippen LogP contribution in [0.25, 0.3) is 0 Å². The molecule has 0 atom stereocenters. The topological polar surface area (TPSA) is 101 Å². The highest BCUT2D eigenvalue weighted by atomic mass is 16.6. The van der Waals surface area contributed by atoms with E-state index in [1.807, 2.05) is 0 Å². The van der Waals surface area contributed by atoms with Crippen LogP contribution in [0.1, 0.15) is 44.2 Å². The van der Waals surface area contributed by atoms with Crippen LogP contribution >= 0.6 is 0 Å². The summed E-state index contributed by atoms with van der Waals surface area (Å²) < 4.78 is 10.2. The fourth-order valence-electron chi connectivity index (χ4n) is 2.69. The fraction of sp³-hybridized carbons (Fsp3) is 0.611. The number of rotatable bonds is 5. The van der Waals surface area contributed by atoms with Crippen molar-refractivity contribution in [2.75, 3.05) is 26.2 Å². The summed E-state index contributed by atoms with van der Waals surface area (Å²) in [5, 5.41) is 5.33. The van der Waals surface area contributed by atoms with Gasteiger partial charge >= 0.3 is 6.09 Å². The number of nitrogens with zero attached hydrogens (tertiary/aromatic N) is 1. The molecule has 2 rings (SSSR count). The Hall–Kier alpha value is -2.51. The molecule has 0 aliphatic carbocycles. The smallest absolute Gasteiger partial charge is 0.408 e. The predicted octanol–water partition coefficient (Wildman–Crippen LogP) is 1.77. The molecule has 0 bridgehead atoms. The van der Waals surface area contributed by atoms with Gasteiger partial charge in [-0.3, -0.25) is 9.59 Å². The highest BCUT2D eigenvalue weighted by Crippen LogP contribution is 2.16. The van der Waals surface area contributed by atoms with Gasteiger partial charge in [-0.1, -0.05) is 0 Å². The average molecular weight is 365 g/mol. The second-order valence-corrected chi connectivity index (χ2v) is 7.37. The van der Waals surface area contributed by atoms with Crippen molar-refractivity contribution in [3.05, 3.63) is 24.2 Å². The maximum atomic E-state index is 12.2. The molecule has 0 radical (unpaired) electrons. The molecular weight excluding hydrogens is 338 g/mol. The van der Waals surface area contributed by atoms with Gasteiger partial charge < -0.3 is 24.7 Å². The lowest BCUT2D eigenvalue weighted by Crippen LogP contribution is -2.46. The lowest BCUT2D eigenvalue weighted by Gasteiger charge is -2.32. The molecule has 1 saturated heterocycles. The number of carbonyl (C=O) groups excluding carboxylic acids is 3. The summed E-state index contributed by atoms with van der Waals surface area (Å²) in [6, 6.07) is 3.29. The Morgan fingerprint density at radius 1 is 1.23 bits per heavy atom. The number of likely N-dealkylation sites (tertiary alicyclic amines) is 1. The molecule has 1 aliphatic heterocycles. The molecule has 8 nitrogen and oxygen atoms in total. The third-order valence-electron chi connectivity index (χ3n) is 4.05. The molecule has 0 saturated carbocycles. The van der Waals surface area contributed by atoms with Crippen molar-refractivity contribution in [3.8, 4) is 0 Å². The quantitative estimate of drug-likeness (QED) is 0.828. The van der Waals surface area contributed by atoms with E-state index in [1.165, 1.54) is 6.26 Å². The number of furan rings is 1. The first-order valence-corrected chi connectivity index (χ1v) is 8.81. The molecule has 0 aromatic carbocycles. The minimum atomic E-state index is -0.596. The highest BCUT2D eigenvalue weighted by molar-refractivity contribution is 5.91. The number of nitrogens with one attached hydrogen (secondary N) is 2. The van der Waals surface area contributed by atoms with E-state index in [0.29, 0.717) is 31.3 Å². The van der Waals surface area contributed by atoms with E-state index < -0.39 is 11.7 Å². The van der Waals surface area contributed by atoms with Gasteiger partial charge in [0.05, 0.1) is 6.26 Å². The van der Waals surface area contributed by atoms with Crippen LogP contribution in [0.2, 0.25) is 0 Å². The number of ether oxygens (including phenoxy) is 1. The maximum absolute atomic E-state index is 12.2. The molecule has 1 aromatic rings. The van der Waals surface area contributed by atoms with Crippen molar-refractivity contribution in [1.29, 1.82) is 0 Å². The minimum absolute atomic E-state index is 0.0746. The Morgan fingerprint density at radius 3 is 2.50 bits per heavy atom. The second kappa shape index (κ2) is 8.73. The van der Waals surface area contributed by atoms with E-state index in [-0.39, 0.29) is 18.4 Å². The Bertz CT molecular complexity index is 613. The zero-order valence-electron chi connectivity index (χ0n) is 15.5. The third-order valence-corrected chi connectivity index (χ3v) is 4.05. The molecule has 8 heteroatoms. The van der Waals surface area contributed by atoms with Gasteiger partial charge in [0.2, 0.25) is 5.91 Å². The van der Waals surface area contributed by atoms with Gasteiger partial charge in [0, 0.05) is 19.6 Å². The van der Waals surface area contributed by atoms with E-state index in [0.717, 1.165) is 12.8 Å². The molecule has 1 aromatic heterocycles. The Morgan fingerprint density at radius 2 is 1.92 bits per heavy atom. The van der Waals surface area contributed by atoms with Crippen molar-refractivity contribution in [2.45, 2.75) is 39.2 Å². The van der Waals surface area contributed by atoms with E-state index >= 15 is 0 Å². The molecule has 3 amide bonds. The van der Waals surface area contributed by atoms with Gasteiger partial charge in [-0.2, -0.15) is 0 Å². The first-order valence-electron chi connectivity index (χ1n) is 8.81. The van der Waals surface area contributed by atoms with Crippen LogP contribution in [0.4, 0.5) is 4.79 Å². The summed E-state index contributed by atoms with van der Waals surface area (Å²) in [5.74, 6) is 0.256. The summed E-state index contributed by atoms with van der Waals surface area (Å²) in [6.45, 7) is 7.00. The third kappa shape index (κ3) is 6.42. The second-order valence-electron chi connectivity index (χ2n) is 7.37. The van der Waals surface area contributed by atoms with Crippen molar-refractivity contribution in [1.82, 2.24) is 15.5 Å². The average Bonchev–Trinajstić information content (AvgIpc) is 3.11. The highest BCUT2D eigenvalue weighted by Gasteiger charge is 2.24. The summed E-state index contributed by atoms with van der Waals surface area (Å²) in [6.07, 6.45) is 2.47. The monoisotopic (exact) mass is 365 g/mol. The summed E-state index contributed by atoms with van der Waals surface area (Å²) >= 11 is 0. The molecule has 1 aliphatic rings. The number of hydrogen-bond acceptors (Lipinski definition) is 5. The molecule has 1 fully saturated rings. The fourth-order valence-corrected chi connectivity index (χ4v) is 2.69. The van der Waals surface area contributed by atoms with Gasteiger partial charge in [-0.05, 0) is 51.7 Å². The van der Waals surface area contributed by atoms with Gasteiger partial charge in [0.1, 0.15) is 12.1 Å². The van der Waals surface area contributed by atoms with Crippen molar-refractivity contribution < 1.29 is 23.5 Å². The normalized spacial score (nSPS) is 15.4. The first-order chi connectivity index (χ1) is 12.2. The van der Waals surface area contributed by atoms with Gasteiger partial charge in [-0.15, -0.1) is 0 Å². The van der Waals surface area contributed by atoms with Crippen molar-refractivity contribution >= 4 is 17.9 Å². The van der Waals surface area contributed by atoms with E-state index in [1.54, 1.807) is 37.8 Å². The molecule has 2 heterocycles. The van der Waals surface area contributed by atoms with Gasteiger partial charge in [-0.25, -0.2) is 4.79 Å². The van der Waals surface area contributed by atoms with Gasteiger partial charge in [0.25, 0.3) is 5.91 Å². The standard InChI is InChI=1S/C18H27N3O5/c1-18(2,3)26-17(24)20-12-15(22)21-8-6-13(7-9-21)11-19-16(23)14-5-4-10-25-14/h4-5,10,13H,6-9,11-12H2,1-3H3,(H,19,23)(H,20,24). The predicted molar refractivity (Wildman–Crippen MR) is 94.6 cm³/mol. The number of hydrogen-bond donors (Lipinski definition) is 2. The number of alkyl carbamates (subject to hydrolysis) is 1. The van der Waals surface area contributed by atoms with E-state index in [4.69, 9.17) is 9.15 Å². The molecule has 26 heavy (non-hydrogen) atoms. The van der Waals surface area contributed by atoms with Crippen LogP contribution < -0.4 is 10.6 Å². The van der Waals surface area contributed by atoms with E-state index in [2.05, 4.69) is 10.6 Å². The SMILES string of the molecule is CC(C)(C)OC(=O)NCC(=O)N1CCC(CNC(=O)c2ccco2)CC1. The lowest BCUT2D eigenvalue weighted by atomic mass is 9.96. The Kier molecular flexibility index (Phi) is 6.65.